The van der Waals surface area contributed by atoms with Gasteiger partial charge in [0, 0.05) is 12.0 Å². The Labute approximate surface area is 134 Å². The summed E-state index contributed by atoms with van der Waals surface area (Å²) in [6.07, 6.45) is 2.00. The van der Waals surface area contributed by atoms with Crippen molar-refractivity contribution in [1.82, 2.24) is 4.90 Å². The first-order chi connectivity index (χ1) is 10.4. The zero-order valence-corrected chi connectivity index (χ0v) is 12.6. The number of thioether (sulfide) groups is 1. The molecule has 116 valence electrons. The third-order valence-corrected chi connectivity index (χ3v) is 4.18. The average molecular weight is 339 g/mol. The van der Waals surface area contributed by atoms with E-state index in [1.165, 1.54) is 12.3 Å². The van der Waals surface area contributed by atoms with Gasteiger partial charge in [-0.25, -0.2) is 0 Å². The average Bonchev–Trinajstić information content (AvgIpc) is 3.02. The lowest BCUT2D eigenvalue weighted by Gasteiger charge is -2.27. The monoisotopic (exact) mass is 339 g/mol. The van der Waals surface area contributed by atoms with Gasteiger partial charge in [-0.15, -0.1) is 0 Å². The van der Waals surface area contributed by atoms with Crippen molar-refractivity contribution in [2.24, 2.45) is 0 Å². The number of hydrogen-bond acceptors (Lipinski definition) is 8. The summed E-state index contributed by atoms with van der Waals surface area (Å²) in [6, 6.07) is 1.81. The first-order valence-electron chi connectivity index (χ1n) is 6.11. The molecular formula is C13H9NO6S2-2. The number of aliphatic carboxylic acids is 2. The highest BCUT2D eigenvalue weighted by molar-refractivity contribution is 8.26. The van der Waals surface area contributed by atoms with Gasteiger partial charge in [0.15, 0.2) is 0 Å². The fraction of sp³-hybridized carbons (Fsp3) is 0.231. The van der Waals surface area contributed by atoms with Crippen molar-refractivity contribution in [3.63, 3.8) is 0 Å². The SMILES string of the molecule is O=C([O-])CC[C@H](C(=O)[O-])N1C(=O)/C(=C\c2ccco2)SC1=S. The highest BCUT2D eigenvalue weighted by atomic mass is 32.2. The minimum absolute atomic E-state index is 0.0235. The van der Waals surface area contributed by atoms with E-state index in [4.69, 9.17) is 16.6 Å². The van der Waals surface area contributed by atoms with E-state index in [0.717, 1.165) is 16.7 Å². The fourth-order valence-corrected chi connectivity index (χ4v) is 3.19. The van der Waals surface area contributed by atoms with E-state index in [-0.39, 0.29) is 15.6 Å². The van der Waals surface area contributed by atoms with Crippen LogP contribution in [-0.4, -0.2) is 33.1 Å². The van der Waals surface area contributed by atoms with Crippen LogP contribution in [0.1, 0.15) is 18.6 Å². The van der Waals surface area contributed by atoms with E-state index in [0.29, 0.717) is 5.76 Å². The molecule has 0 N–H and O–H groups in total. The molecule has 0 spiro atoms. The number of furan rings is 1. The maximum absolute atomic E-state index is 12.3. The molecule has 0 saturated carbocycles. The van der Waals surface area contributed by atoms with Crippen molar-refractivity contribution in [1.29, 1.82) is 0 Å². The highest BCUT2D eigenvalue weighted by Gasteiger charge is 2.37. The molecule has 22 heavy (non-hydrogen) atoms. The highest BCUT2D eigenvalue weighted by Crippen LogP contribution is 2.34. The second-order valence-electron chi connectivity index (χ2n) is 4.31. The largest absolute Gasteiger partial charge is 0.550 e. The molecule has 1 aliphatic rings. The predicted octanol–water partition coefficient (Wildman–Crippen LogP) is -0.871. The molecule has 7 nitrogen and oxygen atoms in total. The Morgan fingerprint density at radius 1 is 1.45 bits per heavy atom. The smallest absolute Gasteiger partial charge is 0.266 e. The Morgan fingerprint density at radius 3 is 2.73 bits per heavy atom. The number of amides is 1. The molecule has 1 aromatic heterocycles. The standard InChI is InChI=1S/C13H11NO6S2/c15-10(16)4-3-8(12(18)19)14-11(17)9(22-13(14)21)6-7-2-1-5-20-7/h1-2,5-6,8H,3-4H2,(H,15,16)(H,18,19)/p-2/b9-6+/t8-/m1/s1. The summed E-state index contributed by atoms with van der Waals surface area (Å²) in [5, 5.41) is 21.7. The number of nitrogens with zero attached hydrogens (tertiary/aromatic N) is 1. The van der Waals surface area contributed by atoms with Gasteiger partial charge in [-0.3, -0.25) is 9.69 Å². The Hall–Kier alpha value is -2.13. The number of rotatable bonds is 6. The number of carboxylic acids is 2. The molecule has 1 aromatic rings. The van der Waals surface area contributed by atoms with Crippen LogP contribution < -0.4 is 10.2 Å². The van der Waals surface area contributed by atoms with Crippen LogP contribution in [0.4, 0.5) is 0 Å². The first-order valence-corrected chi connectivity index (χ1v) is 7.34. The van der Waals surface area contributed by atoms with Crippen LogP contribution in [0.25, 0.3) is 6.08 Å². The summed E-state index contributed by atoms with van der Waals surface area (Å²) in [5.74, 6) is -3.20. The van der Waals surface area contributed by atoms with Gasteiger partial charge in [-0.05, 0) is 25.0 Å². The minimum atomic E-state index is -1.57. The second kappa shape index (κ2) is 6.75. The lowest BCUT2D eigenvalue weighted by Crippen LogP contribution is -2.50. The molecule has 1 saturated heterocycles. The zero-order valence-electron chi connectivity index (χ0n) is 11.0. The summed E-state index contributed by atoms with van der Waals surface area (Å²) in [5.41, 5.74) is 0. The molecule has 1 atom stereocenters. The zero-order chi connectivity index (χ0) is 16.3. The summed E-state index contributed by atoms with van der Waals surface area (Å²) >= 11 is 5.92. The lowest BCUT2D eigenvalue weighted by molar-refractivity contribution is -0.311. The van der Waals surface area contributed by atoms with Crippen molar-refractivity contribution < 1.29 is 29.0 Å². The minimum Gasteiger partial charge on any atom is -0.550 e. The van der Waals surface area contributed by atoms with Gasteiger partial charge >= 0.3 is 0 Å². The Bertz CT molecular complexity index is 651. The molecule has 0 unspecified atom stereocenters. The fourth-order valence-electron chi connectivity index (χ4n) is 1.86. The Balaban J connectivity index is 2.22. The van der Waals surface area contributed by atoms with Gasteiger partial charge < -0.3 is 24.2 Å². The number of carbonyl (C=O) groups is 3. The number of carboxylic acid groups (broad SMARTS) is 2. The van der Waals surface area contributed by atoms with E-state index in [2.05, 4.69) is 0 Å². The maximum Gasteiger partial charge on any atom is 0.266 e. The van der Waals surface area contributed by atoms with Gasteiger partial charge in [0.05, 0.1) is 23.2 Å². The summed E-state index contributed by atoms with van der Waals surface area (Å²) in [4.78, 5) is 35.0. The van der Waals surface area contributed by atoms with Gasteiger partial charge in [0.2, 0.25) is 0 Å². The Morgan fingerprint density at radius 2 is 2.18 bits per heavy atom. The van der Waals surface area contributed by atoms with Crippen molar-refractivity contribution >= 4 is 52.2 Å². The van der Waals surface area contributed by atoms with Crippen molar-refractivity contribution in [3.8, 4) is 0 Å². The summed E-state index contributed by atoms with van der Waals surface area (Å²) in [6.45, 7) is 0. The number of hydrogen-bond donors (Lipinski definition) is 0. The van der Waals surface area contributed by atoms with Crippen LogP contribution >= 0.6 is 24.0 Å². The van der Waals surface area contributed by atoms with Crippen LogP contribution in [0.3, 0.4) is 0 Å². The normalized spacial score (nSPS) is 18.0. The lowest BCUT2D eigenvalue weighted by atomic mass is 10.1. The summed E-state index contributed by atoms with van der Waals surface area (Å²) in [7, 11) is 0. The number of carbonyl (C=O) groups excluding carboxylic acids is 3. The summed E-state index contributed by atoms with van der Waals surface area (Å²) < 4.78 is 5.11. The van der Waals surface area contributed by atoms with Crippen molar-refractivity contribution in [2.45, 2.75) is 18.9 Å². The van der Waals surface area contributed by atoms with Gasteiger partial charge in [-0.1, -0.05) is 24.0 Å². The second-order valence-corrected chi connectivity index (χ2v) is 5.99. The molecular weight excluding hydrogens is 330 g/mol. The van der Waals surface area contributed by atoms with Crippen LogP contribution in [0.5, 0.6) is 0 Å². The first kappa shape index (κ1) is 16.2. The molecule has 1 aliphatic heterocycles. The molecule has 1 amide bonds. The van der Waals surface area contributed by atoms with E-state index in [1.54, 1.807) is 12.1 Å². The van der Waals surface area contributed by atoms with Crippen LogP contribution in [0.15, 0.2) is 27.7 Å². The quantitative estimate of drug-likeness (QED) is 0.485. The van der Waals surface area contributed by atoms with E-state index in [9.17, 15) is 24.6 Å². The van der Waals surface area contributed by atoms with Crippen molar-refractivity contribution in [3.05, 3.63) is 29.1 Å². The molecule has 0 bridgehead atoms. The Kier molecular flexibility index (Phi) is 4.99. The third-order valence-electron chi connectivity index (χ3n) is 2.85. The molecule has 0 aromatic carbocycles. The molecule has 2 heterocycles. The molecule has 9 heteroatoms. The van der Waals surface area contributed by atoms with Gasteiger partial charge in [-0.2, -0.15) is 0 Å². The van der Waals surface area contributed by atoms with Crippen molar-refractivity contribution in [2.75, 3.05) is 0 Å². The van der Waals surface area contributed by atoms with Crippen LogP contribution in [-0.2, 0) is 14.4 Å². The molecule has 0 aliphatic carbocycles. The molecule has 2 rings (SSSR count). The van der Waals surface area contributed by atoms with E-state index >= 15 is 0 Å². The topological polar surface area (TPSA) is 114 Å². The number of thiocarbonyl (C=S) groups is 1. The predicted molar refractivity (Wildman–Crippen MR) is 76.8 cm³/mol. The molecule has 1 fully saturated rings. The molecule has 0 radical (unpaired) electrons. The van der Waals surface area contributed by atoms with Gasteiger partial charge in [0.1, 0.15) is 10.1 Å². The van der Waals surface area contributed by atoms with Gasteiger partial charge in [0.25, 0.3) is 5.91 Å². The van der Waals surface area contributed by atoms with E-state index in [1.807, 2.05) is 0 Å². The third kappa shape index (κ3) is 3.55. The van der Waals surface area contributed by atoms with Crippen LogP contribution in [0.2, 0.25) is 0 Å². The van der Waals surface area contributed by atoms with E-state index < -0.39 is 30.3 Å². The van der Waals surface area contributed by atoms with Crippen LogP contribution in [0, 0.1) is 0 Å². The maximum atomic E-state index is 12.3.